The van der Waals surface area contributed by atoms with Gasteiger partial charge in [0, 0.05) is 16.6 Å². The smallest absolute Gasteiger partial charge is 0.269 e. The molecule has 0 saturated heterocycles. The molecule has 0 aliphatic heterocycles. The number of hydrazine groups is 1. The fourth-order valence-corrected chi connectivity index (χ4v) is 5.45. The van der Waals surface area contributed by atoms with Gasteiger partial charge in [-0.1, -0.05) is 11.6 Å². The van der Waals surface area contributed by atoms with Crippen molar-refractivity contribution in [1.82, 2.24) is 16.2 Å². The van der Waals surface area contributed by atoms with Crippen LogP contribution in [-0.2, 0) is 0 Å². The molecule has 4 fully saturated rings. The third-order valence-electron chi connectivity index (χ3n) is 5.92. The van der Waals surface area contributed by atoms with Gasteiger partial charge < -0.3 is 5.32 Å². The standard InChI is InChI=1S/C18H22ClN3OS/c19-15-3-1-12(2-4-15)17(23)21-22-18(24)20-16-13-6-10-5-11(8-13)9-14(16)7-10/h1-4,10-11,13-14,16H,5-9H2,(H,21,23)(H2,20,22,24). The average Bonchev–Trinajstić information content (AvgIpc) is 2.56. The van der Waals surface area contributed by atoms with Crippen LogP contribution in [0.25, 0.3) is 0 Å². The zero-order valence-electron chi connectivity index (χ0n) is 13.4. The minimum absolute atomic E-state index is 0.221. The van der Waals surface area contributed by atoms with Gasteiger partial charge in [0.15, 0.2) is 5.11 Å². The van der Waals surface area contributed by atoms with E-state index in [4.69, 9.17) is 23.8 Å². The monoisotopic (exact) mass is 363 g/mol. The summed E-state index contributed by atoms with van der Waals surface area (Å²) in [5.41, 5.74) is 6.04. The molecule has 4 saturated carbocycles. The Morgan fingerprint density at radius 3 is 2.12 bits per heavy atom. The number of amides is 1. The van der Waals surface area contributed by atoms with Crippen LogP contribution in [0.4, 0.5) is 0 Å². The summed E-state index contributed by atoms with van der Waals surface area (Å²) >= 11 is 11.2. The third kappa shape index (κ3) is 3.24. The van der Waals surface area contributed by atoms with Crippen molar-refractivity contribution in [2.45, 2.75) is 38.1 Å². The zero-order chi connectivity index (χ0) is 16.7. The lowest BCUT2D eigenvalue weighted by Gasteiger charge is -2.54. The van der Waals surface area contributed by atoms with Crippen LogP contribution in [0.5, 0.6) is 0 Å². The predicted octanol–water partition coefficient (Wildman–Crippen LogP) is 3.27. The van der Waals surface area contributed by atoms with Crippen LogP contribution < -0.4 is 16.2 Å². The van der Waals surface area contributed by atoms with Gasteiger partial charge in [-0.15, -0.1) is 0 Å². The zero-order valence-corrected chi connectivity index (χ0v) is 15.0. The second-order valence-corrected chi connectivity index (χ2v) is 8.36. The maximum atomic E-state index is 12.1. The van der Waals surface area contributed by atoms with Gasteiger partial charge in [-0.05, 0) is 92.3 Å². The Bertz CT molecular complexity index is 620. The minimum Gasteiger partial charge on any atom is -0.358 e. The fraction of sp³-hybridized carbons (Fsp3) is 0.556. The van der Waals surface area contributed by atoms with Crippen molar-refractivity contribution < 1.29 is 4.79 Å². The summed E-state index contributed by atoms with van der Waals surface area (Å²) < 4.78 is 0. The number of carbonyl (C=O) groups is 1. The lowest BCUT2D eigenvalue weighted by atomic mass is 9.54. The molecule has 0 radical (unpaired) electrons. The molecule has 128 valence electrons. The molecule has 1 amide bonds. The van der Waals surface area contributed by atoms with Crippen LogP contribution in [0.3, 0.4) is 0 Å². The molecular weight excluding hydrogens is 342 g/mol. The van der Waals surface area contributed by atoms with Crippen molar-refractivity contribution in [1.29, 1.82) is 0 Å². The Morgan fingerprint density at radius 2 is 1.54 bits per heavy atom. The SMILES string of the molecule is O=C(NNC(=S)NC1C2CC3CC(C2)CC1C3)c1ccc(Cl)cc1. The number of carbonyl (C=O) groups excluding carboxylic acids is 1. The van der Waals surface area contributed by atoms with E-state index in [1.54, 1.807) is 24.3 Å². The highest BCUT2D eigenvalue weighted by Gasteiger charge is 2.48. The summed E-state index contributed by atoms with van der Waals surface area (Å²) in [6, 6.07) is 7.23. The summed E-state index contributed by atoms with van der Waals surface area (Å²) in [6.45, 7) is 0. The molecule has 0 atom stereocenters. The van der Waals surface area contributed by atoms with Crippen molar-refractivity contribution >= 4 is 34.8 Å². The summed E-state index contributed by atoms with van der Waals surface area (Å²) in [7, 11) is 0. The van der Waals surface area contributed by atoms with E-state index < -0.39 is 0 Å². The maximum absolute atomic E-state index is 12.1. The summed E-state index contributed by atoms with van der Waals surface area (Å²) in [4.78, 5) is 12.1. The van der Waals surface area contributed by atoms with Gasteiger partial charge in [0.2, 0.25) is 0 Å². The molecule has 4 bridgehead atoms. The Labute approximate surface area is 152 Å². The van der Waals surface area contributed by atoms with Gasteiger partial charge in [0.05, 0.1) is 0 Å². The van der Waals surface area contributed by atoms with Crippen molar-refractivity contribution in [2.75, 3.05) is 0 Å². The van der Waals surface area contributed by atoms with E-state index in [0.29, 0.717) is 21.7 Å². The highest BCUT2D eigenvalue weighted by Crippen LogP contribution is 2.53. The molecule has 4 aliphatic carbocycles. The largest absolute Gasteiger partial charge is 0.358 e. The van der Waals surface area contributed by atoms with E-state index in [-0.39, 0.29) is 5.91 Å². The highest BCUT2D eigenvalue weighted by molar-refractivity contribution is 7.80. The molecule has 24 heavy (non-hydrogen) atoms. The van der Waals surface area contributed by atoms with E-state index in [2.05, 4.69) is 16.2 Å². The lowest BCUT2D eigenvalue weighted by molar-refractivity contribution is -0.00699. The number of halogens is 1. The van der Waals surface area contributed by atoms with Crippen LogP contribution >= 0.6 is 23.8 Å². The first-order valence-electron chi connectivity index (χ1n) is 8.71. The number of benzene rings is 1. The maximum Gasteiger partial charge on any atom is 0.269 e. The van der Waals surface area contributed by atoms with Crippen molar-refractivity contribution in [3.63, 3.8) is 0 Å². The Morgan fingerprint density at radius 1 is 0.958 bits per heavy atom. The van der Waals surface area contributed by atoms with Crippen LogP contribution in [0, 0.1) is 23.7 Å². The highest BCUT2D eigenvalue weighted by atomic mass is 35.5. The van der Waals surface area contributed by atoms with E-state index in [1.165, 1.54) is 32.1 Å². The van der Waals surface area contributed by atoms with E-state index in [1.807, 2.05) is 0 Å². The lowest BCUT2D eigenvalue weighted by Crippen LogP contribution is -2.59. The second-order valence-electron chi connectivity index (χ2n) is 7.52. The predicted molar refractivity (Wildman–Crippen MR) is 98.6 cm³/mol. The van der Waals surface area contributed by atoms with Gasteiger partial charge in [-0.3, -0.25) is 15.6 Å². The molecule has 6 heteroatoms. The molecule has 5 rings (SSSR count). The van der Waals surface area contributed by atoms with Gasteiger partial charge >= 0.3 is 0 Å². The van der Waals surface area contributed by atoms with E-state index in [0.717, 1.165) is 23.7 Å². The second kappa shape index (κ2) is 6.52. The Balaban J connectivity index is 1.29. The van der Waals surface area contributed by atoms with Crippen LogP contribution in [-0.4, -0.2) is 17.1 Å². The normalized spacial score (nSPS) is 33.1. The van der Waals surface area contributed by atoms with Crippen LogP contribution in [0.2, 0.25) is 5.02 Å². The molecule has 3 N–H and O–H groups in total. The van der Waals surface area contributed by atoms with Gasteiger partial charge in [0.1, 0.15) is 0 Å². The minimum atomic E-state index is -0.221. The molecule has 1 aromatic rings. The first-order chi connectivity index (χ1) is 11.6. The van der Waals surface area contributed by atoms with Gasteiger partial charge in [-0.2, -0.15) is 0 Å². The van der Waals surface area contributed by atoms with Crippen molar-refractivity contribution in [2.24, 2.45) is 23.7 Å². The molecule has 4 nitrogen and oxygen atoms in total. The quantitative estimate of drug-likeness (QED) is 0.557. The molecule has 0 spiro atoms. The number of thiocarbonyl (C=S) groups is 1. The number of rotatable bonds is 2. The Kier molecular flexibility index (Phi) is 4.39. The van der Waals surface area contributed by atoms with Crippen molar-refractivity contribution in [3.8, 4) is 0 Å². The van der Waals surface area contributed by atoms with E-state index >= 15 is 0 Å². The molecule has 4 aliphatic rings. The van der Waals surface area contributed by atoms with Crippen LogP contribution in [0.15, 0.2) is 24.3 Å². The molecule has 0 heterocycles. The molecule has 0 aromatic heterocycles. The van der Waals surface area contributed by atoms with Crippen molar-refractivity contribution in [3.05, 3.63) is 34.9 Å². The summed E-state index contributed by atoms with van der Waals surface area (Å²) in [5.74, 6) is 3.15. The average molecular weight is 364 g/mol. The molecule has 1 aromatic carbocycles. The number of nitrogens with one attached hydrogen (secondary N) is 3. The first-order valence-corrected chi connectivity index (χ1v) is 9.49. The number of hydrogen-bond donors (Lipinski definition) is 3. The Hall–Kier alpha value is -1.33. The molecular formula is C18H22ClN3OS. The topological polar surface area (TPSA) is 53.2 Å². The van der Waals surface area contributed by atoms with E-state index in [9.17, 15) is 4.79 Å². The molecule has 0 unspecified atom stereocenters. The summed E-state index contributed by atoms with van der Waals surface area (Å²) in [6.07, 6.45) is 6.79. The fourth-order valence-electron chi connectivity index (χ4n) is 5.14. The van der Waals surface area contributed by atoms with Crippen LogP contribution in [0.1, 0.15) is 42.5 Å². The number of hydrogen-bond acceptors (Lipinski definition) is 2. The first kappa shape index (κ1) is 16.2. The van der Waals surface area contributed by atoms with Gasteiger partial charge in [-0.25, -0.2) is 0 Å². The third-order valence-corrected chi connectivity index (χ3v) is 6.39. The summed E-state index contributed by atoms with van der Waals surface area (Å²) in [5, 5.41) is 4.58. The van der Waals surface area contributed by atoms with Gasteiger partial charge in [0.25, 0.3) is 5.91 Å².